The standard InChI is InChI=1S/C23H30N6O2.ClH/c1-4-27-13-15-28(16-14-27)21(19-11-8-12-20(30-2)22(19)31-3)23-24-25-26-29(23)17-18-9-6-5-7-10-18;/h5-12,21H,4,13-17H2,1-3H3;1H. The van der Waals surface area contributed by atoms with Gasteiger partial charge in [0.1, 0.15) is 6.04 Å². The maximum absolute atomic E-state index is 5.80. The Morgan fingerprint density at radius 3 is 2.34 bits per heavy atom. The summed E-state index contributed by atoms with van der Waals surface area (Å²) in [6.45, 7) is 7.76. The molecule has 9 heteroatoms. The second kappa shape index (κ2) is 11.3. The van der Waals surface area contributed by atoms with Crippen molar-refractivity contribution >= 4 is 12.4 Å². The van der Waals surface area contributed by atoms with Gasteiger partial charge >= 0.3 is 0 Å². The number of halogens is 1. The normalized spacial score (nSPS) is 15.7. The highest BCUT2D eigenvalue weighted by molar-refractivity contribution is 5.85. The fourth-order valence-electron chi connectivity index (χ4n) is 4.24. The summed E-state index contributed by atoms with van der Waals surface area (Å²) >= 11 is 0. The monoisotopic (exact) mass is 458 g/mol. The van der Waals surface area contributed by atoms with Crippen molar-refractivity contribution < 1.29 is 9.47 Å². The van der Waals surface area contributed by atoms with E-state index in [-0.39, 0.29) is 18.4 Å². The lowest BCUT2D eigenvalue weighted by molar-refractivity contribution is 0.107. The third-order valence-electron chi connectivity index (χ3n) is 5.93. The molecule has 172 valence electrons. The summed E-state index contributed by atoms with van der Waals surface area (Å²) in [7, 11) is 3.34. The molecule has 0 N–H and O–H groups in total. The fourth-order valence-corrected chi connectivity index (χ4v) is 4.24. The summed E-state index contributed by atoms with van der Waals surface area (Å²) in [5.41, 5.74) is 2.17. The van der Waals surface area contributed by atoms with E-state index in [2.05, 4.69) is 50.4 Å². The Kier molecular flexibility index (Phi) is 8.44. The van der Waals surface area contributed by atoms with E-state index in [9.17, 15) is 0 Å². The average molecular weight is 459 g/mol. The molecule has 1 atom stereocenters. The van der Waals surface area contributed by atoms with Crippen LogP contribution in [-0.4, -0.2) is 77.0 Å². The number of rotatable bonds is 8. The van der Waals surface area contributed by atoms with Gasteiger partial charge in [0.15, 0.2) is 17.3 Å². The van der Waals surface area contributed by atoms with Gasteiger partial charge in [0.2, 0.25) is 0 Å². The van der Waals surface area contributed by atoms with Gasteiger partial charge in [0.25, 0.3) is 0 Å². The van der Waals surface area contributed by atoms with Gasteiger partial charge in [-0.15, -0.1) is 17.5 Å². The highest BCUT2D eigenvalue weighted by Gasteiger charge is 2.33. The van der Waals surface area contributed by atoms with Crippen molar-refractivity contribution in [1.82, 2.24) is 30.0 Å². The van der Waals surface area contributed by atoms with Crippen molar-refractivity contribution in [2.45, 2.75) is 19.5 Å². The van der Waals surface area contributed by atoms with E-state index in [1.807, 2.05) is 35.0 Å². The summed E-state index contributed by atoms with van der Waals surface area (Å²) < 4.78 is 13.3. The van der Waals surface area contributed by atoms with Crippen LogP contribution in [0.1, 0.15) is 29.9 Å². The molecule has 1 aliphatic rings. The van der Waals surface area contributed by atoms with Gasteiger partial charge in [0, 0.05) is 31.7 Å². The van der Waals surface area contributed by atoms with Crippen molar-refractivity contribution in [2.24, 2.45) is 0 Å². The average Bonchev–Trinajstić information content (AvgIpc) is 3.27. The number of hydrogen-bond acceptors (Lipinski definition) is 7. The molecule has 2 heterocycles. The first-order chi connectivity index (χ1) is 15.2. The highest BCUT2D eigenvalue weighted by Crippen LogP contribution is 2.39. The molecule has 0 spiro atoms. The van der Waals surface area contributed by atoms with Crippen LogP contribution in [0.2, 0.25) is 0 Å². The van der Waals surface area contributed by atoms with Crippen LogP contribution in [0.4, 0.5) is 0 Å². The number of aromatic nitrogens is 4. The molecule has 8 nitrogen and oxygen atoms in total. The minimum Gasteiger partial charge on any atom is -0.493 e. The summed E-state index contributed by atoms with van der Waals surface area (Å²) in [6.07, 6.45) is 0. The van der Waals surface area contributed by atoms with E-state index >= 15 is 0 Å². The number of para-hydroxylation sites is 1. The molecule has 0 bridgehead atoms. The predicted molar refractivity (Wildman–Crippen MR) is 126 cm³/mol. The molecule has 0 saturated carbocycles. The van der Waals surface area contributed by atoms with E-state index in [0.717, 1.165) is 55.4 Å². The van der Waals surface area contributed by atoms with E-state index in [1.165, 1.54) is 0 Å². The second-order valence-corrected chi connectivity index (χ2v) is 7.64. The second-order valence-electron chi connectivity index (χ2n) is 7.64. The molecular weight excluding hydrogens is 428 g/mol. The maximum Gasteiger partial charge on any atom is 0.173 e. The largest absolute Gasteiger partial charge is 0.493 e. The van der Waals surface area contributed by atoms with Gasteiger partial charge in [0.05, 0.1) is 20.8 Å². The summed E-state index contributed by atoms with van der Waals surface area (Å²) in [4.78, 5) is 4.90. The first-order valence-corrected chi connectivity index (χ1v) is 10.7. The Morgan fingerprint density at radius 2 is 1.69 bits per heavy atom. The predicted octanol–water partition coefficient (Wildman–Crippen LogP) is 2.89. The minimum atomic E-state index is -0.136. The molecule has 0 amide bonds. The number of tetrazole rings is 1. The molecule has 1 unspecified atom stereocenters. The SMILES string of the molecule is CCN1CCN(C(c2cccc(OC)c2OC)c2nnnn2Cc2ccccc2)CC1.Cl. The van der Waals surface area contributed by atoms with Gasteiger partial charge in [-0.1, -0.05) is 49.4 Å². The molecular formula is C23H31ClN6O2. The molecule has 2 aromatic carbocycles. The number of piperazine rings is 1. The van der Waals surface area contributed by atoms with Gasteiger partial charge < -0.3 is 14.4 Å². The topological polar surface area (TPSA) is 68.5 Å². The van der Waals surface area contributed by atoms with Gasteiger partial charge in [-0.3, -0.25) is 4.90 Å². The summed E-state index contributed by atoms with van der Waals surface area (Å²) in [6, 6.07) is 16.1. The van der Waals surface area contributed by atoms with E-state index in [4.69, 9.17) is 9.47 Å². The zero-order valence-electron chi connectivity index (χ0n) is 18.8. The van der Waals surface area contributed by atoms with Crippen molar-refractivity contribution in [2.75, 3.05) is 46.9 Å². The number of benzene rings is 2. The lowest BCUT2D eigenvalue weighted by atomic mass is 10.0. The number of ether oxygens (including phenoxy) is 2. The van der Waals surface area contributed by atoms with Crippen LogP contribution in [0.25, 0.3) is 0 Å². The van der Waals surface area contributed by atoms with Crippen molar-refractivity contribution in [3.8, 4) is 11.5 Å². The van der Waals surface area contributed by atoms with Gasteiger partial charge in [-0.25, -0.2) is 4.68 Å². The van der Waals surface area contributed by atoms with Crippen molar-refractivity contribution in [1.29, 1.82) is 0 Å². The van der Waals surface area contributed by atoms with E-state index in [0.29, 0.717) is 12.3 Å². The Hall–Kier alpha value is -2.68. The van der Waals surface area contributed by atoms with Crippen LogP contribution in [0.5, 0.6) is 11.5 Å². The van der Waals surface area contributed by atoms with Crippen LogP contribution in [-0.2, 0) is 6.54 Å². The zero-order valence-corrected chi connectivity index (χ0v) is 19.7. The minimum absolute atomic E-state index is 0. The third kappa shape index (κ3) is 5.03. The Morgan fingerprint density at radius 1 is 0.938 bits per heavy atom. The van der Waals surface area contributed by atoms with Crippen LogP contribution in [0.3, 0.4) is 0 Å². The number of methoxy groups -OCH3 is 2. The Bertz CT molecular complexity index is 976. The fraction of sp³-hybridized carbons (Fsp3) is 0.435. The zero-order chi connectivity index (χ0) is 21.6. The quantitative estimate of drug-likeness (QED) is 0.514. The van der Waals surface area contributed by atoms with Crippen LogP contribution < -0.4 is 9.47 Å². The first kappa shape index (κ1) is 24.0. The molecule has 1 aliphatic heterocycles. The lowest BCUT2D eigenvalue weighted by Gasteiger charge is -2.38. The Balaban J connectivity index is 0.00000289. The molecule has 1 saturated heterocycles. The molecule has 1 fully saturated rings. The number of hydrogen-bond donors (Lipinski definition) is 0. The van der Waals surface area contributed by atoms with Crippen molar-refractivity contribution in [3.63, 3.8) is 0 Å². The number of likely N-dealkylation sites (N-methyl/N-ethyl adjacent to an activating group) is 1. The van der Waals surface area contributed by atoms with E-state index in [1.54, 1.807) is 14.2 Å². The summed E-state index contributed by atoms with van der Waals surface area (Å²) in [5, 5.41) is 12.9. The molecule has 4 rings (SSSR count). The summed E-state index contributed by atoms with van der Waals surface area (Å²) in [5.74, 6) is 2.24. The van der Waals surface area contributed by atoms with Crippen LogP contribution in [0.15, 0.2) is 48.5 Å². The third-order valence-corrected chi connectivity index (χ3v) is 5.93. The molecule has 3 aromatic rings. The highest BCUT2D eigenvalue weighted by atomic mass is 35.5. The lowest BCUT2D eigenvalue weighted by Crippen LogP contribution is -2.48. The van der Waals surface area contributed by atoms with Crippen molar-refractivity contribution in [3.05, 3.63) is 65.5 Å². The van der Waals surface area contributed by atoms with Gasteiger partial charge in [-0.05, 0) is 28.6 Å². The first-order valence-electron chi connectivity index (χ1n) is 10.7. The van der Waals surface area contributed by atoms with Crippen LogP contribution >= 0.6 is 12.4 Å². The smallest absolute Gasteiger partial charge is 0.173 e. The molecule has 32 heavy (non-hydrogen) atoms. The molecule has 1 aromatic heterocycles. The molecule has 0 radical (unpaired) electrons. The van der Waals surface area contributed by atoms with Gasteiger partial charge in [-0.2, -0.15) is 0 Å². The Labute approximate surface area is 195 Å². The number of nitrogens with zero attached hydrogens (tertiary/aromatic N) is 6. The molecule has 0 aliphatic carbocycles. The maximum atomic E-state index is 5.80. The van der Waals surface area contributed by atoms with Crippen LogP contribution in [0, 0.1) is 0 Å². The van der Waals surface area contributed by atoms with E-state index < -0.39 is 0 Å².